The Morgan fingerprint density at radius 1 is 1.50 bits per heavy atom. The molecule has 0 spiro atoms. The number of aromatic nitrogens is 2. The summed E-state index contributed by atoms with van der Waals surface area (Å²) < 4.78 is 23.9. The fraction of sp³-hybridized carbons (Fsp3) is 0.700. The van der Waals surface area contributed by atoms with Crippen molar-refractivity contribution >= 4 is 9.84 Å². The van der Waals surface area contributed by atoms with Gasteiger partial charge in [-0.3, -0.25) is 4.68 Å². The van der Waals surface area contributed by atoms with Gasteiger partial charge < -0.3 is 5.32 Å². The van der Waals surface area contributed by atoms with Crippen LogP contribution in [0.2, 0.25) is 0 Å². The van der Waals surface area contributed by atoms with Crippen LogP contribution < -0.4 is 5.32 Å². The summed E-state index contributed by atoms with van der Waals surface area (Å²) in [7, 11) is -2.88. The molecule has 0 amide bonds. The van der Waals surface area contributed by atoms with Crippen LogP contribution in [0.5, 0.6) is 0 Å². The molecule has 1 N–H and O–H groups in total. The first-order valence-electron chi connectivity index (χ1n) is 5.36. The molecule has 1 unspecified atom stereocenters. The number of hydrogen-bond acceptors (Lipinski definition) is 4. The SMILES string of the molecule is CC(CS(C)(=O)=O)NCCCn1cccn1. The monoisotopic (exact) mass is 245 g/mol. The number of sulfone groups is 1. The molecule has 1 aromatic heterocycles. The average Bonchev–Trinajstić information content (AvgIpc) is 2.62. The Kier molecular flexibility index (Phi) is 4.95. The molecule has 0 aliphatic heterocycles. The van der Waals surface area contributed by atoms with Crippen molar-refractivity contribution in [1.82, 2.24) is 15.1 Å². The summed E-state index contributed by atoms with van der Waals surface area (Å²) in [5.74, 6) is 0.189. The van der Waals surface area contributed by atoms with E-state index in [0.717, 1.165) is 19.5 Å². The first-order valence-corrected chi connectivity index (χ1v) is 7.42. The quantitative estimate of drug-likeness (QED) is 0.702. The highest BCUT2D eigenvalue weighted by Crippen LogP contribution is 1.92. The minimum Gasteiger partial charge on any atom is -0.313 e. The van der Waals surface area contributed by atoms with Gasteiger partial charge in [-0.1, -0.05) is 0 Å². The molecule has 0 aliphatic rings. The lowest BCUT2D eigenvalue weighted by Crippen LogP contribution is -2.33. The lowest BCUT2D eigenvalue weighted by atomic mass is 10.3. The normalized spacial score (nSPS) is 13.9. The van der Waals surface area contributed by atoms with Gasteiger partial charge in [0.15, 0.2) is 0 Å². The van der Waals surface area contributed by atoms with E-state index >= 15 is 0 Å². The van der Waals surface area contributed by atoms with E-state index in [-0.39, 0.29) is 11.8 Å². The Hall–Kier alpha value is -0.880. The van der Waals surface area contributed by atoms with Gasteiger partial charge in [-0.2, -0.15) is 5.10 Å². The Bertz CT molecular complexity index is 386. The predicted molar refractivity (Wildman–Crippen MR) is 64.0 cm³/mol. The Balaban J connectivity index is 2.11. The highest BCUT2D eigenvalue weighted by atomic mass is 32.2. The van der Waals surface area contributed by atoms with Crippen LogP contribution in [0, 0.1) is 0 Å². The number of rotatable bonds is 7. The van der Waals surface area contributed by atoms with Gasteiger partial charge in [-0.15, -0.1) is 0 Å². The summed E-state index contributed by atoms with van der Waals surface area (Å²) in [6.07, 6.45) is 5.87. The van der Waals surface area contributed by atoms with E-state index in [1.807, 2.05) is 23.9 Å². The van der Waals surface area contributed by atoms with Crippen LogP contribution in [-0.4, -0.2) is 42.8 Å². The van der Waals surface area contributed by atoms with Gasteiger partial charge in [0.2, 0.25) is 0 Å². The second kappa shape index (κ2) is 6.00. The second-order valence-electron chi connectivity index (χ2n) is 4.07. The number of nitrogens with one attached hydrogen (secondary N) is 1. The minimum atomic E-state index is -2.88. The molecule has 1 heterocycles. The predicted octanol–water partition coefficient (Wildman–Crippen LogP) is 0.296. The second-order valence-corrected chi connectivity index (χ2v) is 6.26. The van der Waals surface area contributed by atoms with Crippen molar-refractivity contribution in [2.75, 3.05) is 18.6 Å². The summed E-state index contributed by atoms with van der Waals surface area (Å²) in [5.41, 5.74) is 0. The topological polar surface area (TPSA) is 64.0 Å². The van der Waals surface area contributed by atoms with Crippen molar-refractivity contribution in [2.45, 2.75) is 25.9 Å². The van der Waals surface area contributed by atoms with Gasteiger partial charge in [-0.05, 0) is 26.0 Å². The molecule has 0 bridgehead atoms. The van der Waals surface area contributed by atoms with Crippen LogP contribution in [0.15, 0.2) is 18.5 Å². The third-order valence-corrected chi connectivity index (χ3v) is 3.27. The largest absolute Gasteiger partial charge is 0.313 e. The van der Waals surface area contributed by atoms with Crippen molar-refractivity contribution in [3.05, 3.63) is 18.5 Å². The highest BCUT2D eigenvalue weighted by molar-refractivity contribution is 7.90. The van der Waals surface area contributed by atoms with Crippen molar-refractivity contribution in [2.24, 2.45) is 0 Å². The first-order chi connectivity index (χ1) is 7.47. The van der Waals surface area contributed by atoms with E-state index in [0.29, 0.717) is 0 Å². The van der Waals surface area contributed by atoms with Crippen LogP contribution >= 0.6 is 0 Å². The smallest absolute Gasteiger partial charge is 0.148 e. The van der Waals surface area contributed by atoms with Crippen molar-refractivity contribution in [1.29, 1.82) is 0 Å². The van der Waals surface area contributed by atoms with E-state index in [9.17, 15) is 8.42 Å². The summed E-state index contributed by atoms with van der Waals surface area (Å²) in [6, 6.07) is 1.90. The van der Waals surface area contributed by atoms with Crippen LogP contribution in [0.25, 0.3) is 0 Å². The van der Waals surface area contributed by atoms with Gasteiger partial charge in [0.1, 0.15) is 9.84 Å². The standard InChI is InChI=1S/C10H19N3O2S/c1-10(9-16(2,14)15)11-5-3-7-13-8-4-6-12-13/h4,6,8,10-11H,3,5,7,9H2,1-2H3. The zero-order valence-corrected chi connectivity index (χ0v) is 10.6. The third-order valence-electron chi connectivity index (χ3n) is 2.17. The van der Waals surface area contributed by atoms with Crippen LogP contribution in [0.1, 0.15) is 13.3 Å². The van der Waals surface area contributed by atoms with Crippen molar-refractivity contribution in [3.63, 3.8) is 0 Å². The van der Waals surface area contributed by atoms with Gasteiger partial charge in [0, 0.05) is 31.2 Å². The summed E-state index contributed by atoms with van der Waals surface area (Å²) in [6.45, 7) is 3.54. The summed E-state index contributed by atoms with van der Waals surface area (Å²) in [5, 5.41) is 7.27. The molecule has 1 atom stereocenters. The molecule has 0 aromatic carbocycles. The van der Waals surface area contributed by atoms with Gasteiger partial charge in [-0.25, -0.2) is 8.42 Å². The summed E-state index contributed by atoms with van der Waals surface area (Å²) >= 11 is 0. The van der Waals surface area contributed by atoms with Crippen LogP contribution in [-0.2, 0) is 16.4 Å². The van der Waals surface area contributed by atoms with E-state index < -0.39 is 9.84 Å². The molecule has 0 saturated heterocycles. The van der Waals surface area contributed by atoms with Gasteiger partial charge in [0.25, 0.3) is 0 Å². The molecular formula is C10H19N3O2S. The Morgan fingerprint density at radius 3 is 2.81 bits per heavy atom. The molecule has 1 aromatic rings. The number of hydrogen-bond donors (Lipinski definition) is 1. The third kappa shape index (κ3) is 5.87. The molecule has 5 nitrogen and oxygen atoms in total. The zero-order chi connectivity index (χ0) is 12.0. The molecule has 1 rings (SSSR count). The fourth-order valence-corrected chi connectivity index (χ4v) is 2.56. The molecule has 0 saturated carbocycles. The zero-order valence-electron chi connectivity index (χ0n) is 9.76. The lowest BCUT2D eigenvalue weighted by molar-refractivity contribution is 0.509. The Labute approximate surface area is 96.8 Å². The van der Waals surface area contributed by atoms with E-state index in [2.05, 4.69) is 10.4 Å². The molecule has 0 aliphatic carbocycles. The van der Waals surface area contributed by atoms with E-state index in [4.69, 9.17) is 0 Å². The summed E-state index contributed by atoms with van der Waals surface area (Å²) in [4.78, 5) is 0. The maximum atomic E-state index is 11.0. The number of nitrogens with zero attached hydrogens (tertiary/aromatic N) is 2. The highest BCUT2D eigenvalue weighted by Gasteiger charge is 2.08. The maximum Gasteiger partial charge on any atom is 0.148 e. The van der Waals surface area contributed by atoms with Gasteiger partial charge >= 0.3 is 0 Å². The molecule has 16 heavy (non-hydrogen) atoms. The molecule has 0 fully saturated rings. The van der Waals surface area contributed by atoms with E-state index in [1.54, 1.807) is 6.20 Å². The van der Waals surface area contributed by atoms with Crippen molar-refractivity contribution in [3.8, 4) is 0 Å². The van der Waals surface area contributed by atoms with Crippen molar-refractivity contribution < 1.29 is 8.42 Å². The lowest BCUT2D eigenvalue weighted by Gasteiger charge is -2.12. The van der Waals surface area contributed by atoms with Crippen LogP contribution in [0.3, 0.4) is 0 Å². The minimum absolute atomic E-state index is 0.00706. The molecule has 6 heteroatoms. The molecule has 0 radical (unpaired) electrons. The average molecular weight is 245 g/mol. The first kappa shape index (κ1) is 13.2. The number of aryl methyl sites for hydroxylation is 1. The molecular weight excluding hydrogens is 226 g/mol. The van der Waals surface area contributed by atoms with Crippen LogP contribution in [0.4, 0.5) is 0 Å². The molecule has 92 valence electrons. The van der Waals surface area contributed by atoms with Gasteiger partial charge in [0.05, 0.1) is 5.75 Å². The fourth-order valence-electron chi connectivity index (χ4n) is 1.54. The Morgan fingerprint density at radius 2 is 2.25 bits per heavy atom. The van der Waals surface area contributed by atoms with E-state index in [1.165, 1.54) is 6.26 Å². The maximum absolute atomic E-state index is 11.0.